The van der Waals surface area contributed by atoms with Crippen LogP contribution in [0.5, 0.6) is 0 Å². The number of hydroxylamine groups is 2. The molecule has 0 saturated carbocycles. The lowest BCUT2D eigenvalue weighted by molar-refractivity contribution is -0.387. The van der Waals surface area contributed by atoms with E-state index in [4.69, 9.17) is 15.3 Å². The number of hydrazine groups is 1. The number of thioether (sulfide) groups is 1. The van der Waals surface area contributed by atoms with Gasteiger partial charge in [-0.2, -0.15) is 11.8 Å². The summed E-state index contributed by atoms with van der Waals surface area (Å²) < 4.78 is 7.51. The van der Waals surface area contributed by atoms with Crippen molar-refractivity contribution in [2.45, 2.75) is 88.1 Å². The number of nitrogens with zero attached hydrogens (tertiary/aromatic N) is 5. The molecule has 3 saturated heterocycles. The smallest absolute Gasteiger partial charge is 0.315 e. The summed E-state index contributed by atoms with van der Waals surface area (Å²) in [6, 6.07) is 0.159. The number of nitrogens with two attached hydrogens (primary N) is 1. The number of ether oxygens (including phenoxy) is 1. The molecule has 5 heterocycles. The molecule has 3 aliphatic rings. The van der Waals surface area contributed by atoms with Gasteiger partial charge in [0, 0.05) is 17.4 Å². The van der Waals surface area contributed by atoms with Gasteiger partial charge in [-0.3, -0.25) is 29.8 Å². The molecule has 2 aromatic heterocycles. The van der Waals surface area contributed by atoms with Gasteiger partial charge in [-0.1, -0.05) is 20.3 Å². The number of rotatable bonds is 11. The molecule has 5 rings (SSSR count). The molecule has 0 spiro atoms. The van der Waals surface area contributed by atoms with Gasteiger partial charge in [0.05, 0.1) is 18.4 Å². The van der Waals surface area contributed by atoms with Crippen LogP contribution in [-0.2, 0) is 19.2 Å². The molecular formula is C25H38N10O7S. The SMILES string of the molecule is CC(C)C[C@H]1O[C@@H](n2cnc3c(N)ncnc32)C(O)N(OCC(=O)NNC(=O)CCCC[C@@H]2SC[C@@H]3NC(=O)N[C@@H]32)C1O. The minimum absolute atomic E-state index is 0.122. The van der Waals surface area contributed by atoms with Crippen molar-refractivity contribution in [1.82, 2.24) is 46.1 Å². The minimum Gasteiger partial charge on any atom is -0.382 e. The van der Waals surface area contributed by atoms with Gasteiger partial charge >= 0.3 is 6.03 Å². The number of nitrogen functional groups attached to an aromatic ring is 1. The van der Waals surface area contributed by atoms with Crippen LogP contribution in [0.1, 0.15) is 52.2 Å². The molecule has 43 heavy (non-hydrogen) atoms. The Morgan fingerprint density at radius 1 is 1.19 bits per heavy atom. The van der Waals surface area contributed by atoms with Crippen LogP contribution in [0.4, 0.5) is 10.6 Å². The van der Waals surface area contributed by atoms with E-state index in [2.05, 4.69) is 36.4 Å². The Morgan fingerprint density at radius 3 is 2.77 bits per heavy atom. The lowest BCUT2D eigenvalue weighted by Crippen LogP contribution is -2.59. The fourth-order valence-corrected chi connectivity index (χ4v) is 7.01. The number of morpholine rings is 1. The van der Waals surface area contributed by atoms with Crippen molar-refractivity contribution in [3.05, 3.63) is 12.7 Å². The van der Waals surface area contributed by atoms with Gasteiger partial charge in [-0.05, 0) is 25.2 Å². The fraction of sp³-hybridized carbons (Fsp3) is 0.680. The van der Waals surface area contributed by atoms with Gasteiger partial charge in [0.1, 0.15) is 24.6 Å². The Morgan fingerprint density at radius 2 is 1.98 bits per heavy atom. The first-order chi connectivity index (χ1) is 20.6. The highest BCUT2D eigenvalue weighted by atomic mass is 32.2. The van der Waals surface area contributed by atoms with Crippen LogP contribution < -0.4 is 27.2 Å². The third-order valence-electron chi connectivity index (χ3n) is 7.55. The number of aliphatic hydroxyl groups is 2. The van der Waals surface area contributed by atoms with Crippen molar-refractivity contribution in [2.75, 3.05) is 18.1 Å². The maximum absolute atomic E-state index is 12.5. The molecule has 0 radical (unpaired) electrons. The Kier molecular flexibility index (Phi) is 9.82. The van der Waals surface area contributed by atoms with E-state index >= 15 is 0 Å². The number of anilines is 1. The first-order valence-corrected chi connectivity index (χ1v) is 15.3. The van der Waals surface area contributed by atoms with E-state index in [-0.39, 0.29) is 42.2 Å². The van der Waals surface area contributed by atoms with E-state index in [1.54, 1.807) is 0 Å². The van der Waals surface area contributed by atoms with E-state index < -0.39 is 37.3 Å². The van der Waals surface area contributed by atoms with Crippen LogP contribution in [-0.4, -0.2) is 101 Å². The highest BCUT2D eigenvalue weighted by Gasteiger charge is 2.45. The second-order valence-electron chi connectivity index (χ2n) is 11.2. The van der Waals surface area contributed by atoms with Crippen molar-refractivity contribution in [2.24, 2.45) is 5.92 Å². The van der Waals surface area contributed by atoms with Gasteiger partial charge in [-0.15, -0.1) is 5.06 Å². The lowest BCUT2D eigenvalue weighted by Gasteiger charge is -2.44. The number of hydrogen-bond acceptors (Lipinski definition) is 13. The fourth-order valence-electron chi connectivity index (χ4n) is 5.47. The van der Waals surface area contributed by atoms with E-state index in [1.807, 2.05) is 25.6 Å². The number of urea groups is 1. The van der Waals surface area contributed by atoms with Gasteiger partial charge in [0.2, 0.25) is 5.91 Å². The summed E-state index contributed by atoms with van der Waals surface area (Å²) in [7, 11) is 0. The summed E-state index contributed by atoms with van der Waals surface area (Å²) in [5, 5.41) is 29.1. The summed E-state index contributed by atoms with van der Waals surface area (Å²) in [6.07, 6.45) is 0.730. The van der Waals surface area contributed by atoms with Crippen LogP contribution in [0.3, 0.4) is 0 Å². The van der Waals surface area contributed by atoms with Gasteiger partial charge in [-0.25, -0.2) is 19.7 Å². The van der Waals surface area contributed by atoms with Crippen molar-refractivity contribution >= 4 is 46.6 Å². The number of aliphatic hydroxyl groups excluding tert-OH is 2. The molecular weight excluding hydrogens is 584 g/mol. The highest BCUT2D eigenvalue weighted by Crippen LogP contribution is 2.34. The Hall–Kier alpha value is -3.29. The summed E-state index contributed by atoms with van der Waals surface area (Å²) in [5.74, 6) is 0.107. The predicted octanol–water partition coefficient (Wildman–Crippen LogP) is -0.904. The zero-order valence-corrected chi connectivity index (χ0v) is 24.7. The molecule has 18 heteroatoms. The quantitative estimate of drug-likeness (QED) is 0.0916. The summed E-state index contributed by atoms with van der Waals surface area (Å²) >= 11 is 1.82. The normalized spacial score (nSPS) is 29.0. The Bertz CT molecular complexity index is 1310. The van der Waals surface area contributed by atoms with Crippen LogP contribution in [0.25, 0.3) is 11.2 Å². The maximum Gasteiger partial charge on any atom is 0.315 e. The summed E-state index contributed by atoms with van der Waals surface area (Å²) in [6.45, 7) is 3.30. The van der Waals surface area contributed by atoms with Crippen molar-refractivity contribution in [1.29, 1.82) is 0 Å². The predicted molar refractivity (Wildman–Crippen MR) is 153 cm³/mol. The van der Waals surface area contributed by atoms with Crippen LogP contribution in [0.2, 0.25) is 0 Å². The molecule has 2 aromatic rings. The van der Waals surface area contributed by atoms with Crippen LogP contribution in [0, 0.1) is 5.92 Å². The molecule has 236 valence electrons. The summed E-state index contributed by atoms with van der Waals surface area (Å²) in [4.78, 5) is 54.1. The zero-order chi connectivity index (χ0) is 30.7. The summed E-state index contributed by atoms with van der Waals surface area (Å²) in [5.41, 5.74) is 11.2. The van der Waals surface area contributed by atoms with Crippen LogP contribution >= 0.6 is 11.8 Å². The topological polar surface area (TPSA) is 231 Å². The van der Waals surface area contributed by atoms with Gasteiger partial charge in [0.25, 0.3) is 5.91 Å². The number of carbonyl (C=O) groups is 3. The number of hydrogen-bond donors (Lipinski definition) is 7. The first kappa shape index (κ1) is 31.1. The average Bonchev–Trinajstić information content (AvgIpc) is 3.66. The zero-order valence-electron chi connectivity index (χ0n) is 23.9. The number of carbonyl (C=O) groups excluding carboxylic acids is 3. The molecule has 3 fully saturated rings. The average molecular weight is 623 g/mol. The standard InChI is InChI=1S/C25H38N10O7S/c1-12(2)7-14-22(38)35(23(39)24(42-14)34-11-29-19-20(26)27-10-28-21(19)34)41-8-17(37)33-32-16(36)6-4-3-5-15-18-13(9-43-15)30-25(40)31-18/h10-15,18,22-24,38-39H,3-9H2,1-2H3,(H,32,36)(H,33,37)(H2,26,27,28)(H2,30,31,40)/t13-,14+,15-,18-,22?,23?,24+/m0/s1. The number of aromatic nitrogens is 4. The van der Waals surface area contributed by atoms with E-state index in [0.29, 0.717) is 29.3 Å². The second kappa shape index (κ2) is 13.6. The van der Waals surface area contributed by atoms with Gasteiger partial charge < -0.3 is 31.3 Å². The molecule has 4 amide bonds. The Labute approximate surface area is 251 Å². The largest absolute Gasteiger partial charge is 0.382 e. The molecule has 7 atom stereocenters. The molecule has 3 aliphatic heterocycles. The maximum atomic E-state index is 12.5. The van der Waals surface area contributed by atoms with Crippen molar-refractivity contribution in [3.63, 3.8) is 0 Å². The van der Waals surface area contributed by atoms with E-state index in [0.717, 1.165) is 23.7 Å². The molecule has 0 bridgehead atoms. The minimum atomic E-state index is -1.56. The number of amides is 4. The van der Waals surface area contributed by atoms with E-state index in [1.165, 1.54) is 17.2 Å². The number of imidazole rings is 1. The second-order valence-corrected chi connectivity index (χ2v) is 12.5. The molecule has 0 aliphatic carbocycles. The van der Waals surface area contributed by atoms with E-state index in [9.17, 15) is 24.6 Å². The van der Waals surface area contributed by atoms with Crippen molar-refractivity contribution in [3.8, 4) is 0 Å². The Balaban J connectivity index is 1.09. The third-order valence-corrected chi connectivity index (χ3v) is 9.06. The number of unbranched alkanes of at least 4 members (excludes halogenated alkanes) is 1. The van der Waals surface area contributed by atoms with Crippen LogP contribution in [0.15, 0.2) is 12.7 Å². The number of nitrogens with one attached hydrogen (secondary N) is 4. The molecule has 2 unspecified atom stereocenters. The lowest BCUT2D eigenvalue weighted by atomic mass is 10.0. The molecule has 8 N–H and O–H groups in total. The molecule has 17 nitrogen and oxygen atoms in total. The van der Waals surface area contributed by atoms with Gasteiger partial charge in [0.15, 0.2) is 30.1 Å². The van der Waals surface area contributed by atoms with Crippen molar-refractivity contribution < 1.29 is 34.2 Å². The number of fused-ring (bicyclic) bond motifs is 2. The highest BCUT2D eigenvalue weighted by molar-refractivity contribution is 8.00. The third kappa shape index (κ3) is 7.10. The first-order valence-electron chi connectivity index (χ1n) is 14.2. The molecule has 0 aromatic carbocycles. The monoisotopic (exact) mass is 622 g/mol.